The second-order valence-corrected chi connectivity index (χ2v) is 6.35. The summed E-state index contributed by atoms with van der Waals surface area (Å²) in [4.78, 5) is 4.67. The molecule has 0 bridgehead atoms. The number of benzene rings is 1. The molecule has 0 aliphatic heterocycles. The molecule has 4 heteroatoms. The molecule has 20 heavy (non-hydrogen) atoms. The zero-order chi connectivity index (χ0) is 14.3. The van der Waals surface area contributed by atoms with E-state index in [-0.39, 0.29) is 5.60 Å². The van der Waals surface area contributed by atoms with Gasteiger partial charge in [0.25, 0.3) is 0 Å². The standard InChI is InChI=1S/C16H19N3O/c1-16(2,3)20-10-15-18-13-8-11(9-17)4-7-14(13)19(15)12-5-6-12/h4,7-8,12H,5-6,10H2,1-3H3. The Balaban J connectivity index is 2.02. The average Bonchev–Trinajstić information content (AvgIpc) is 3.15. The Morgan fingerprint density at radius 1 is 1.40 bits per heavy atom. The summed E-state index contributed by atoms with van der Waals surface area (Å²) in [5.74, 6) is 0.965. The Morgan fingerprint density at radius 2 is 2.15 bits per heavy atom. The summed E-state index contributed by atoms with van der Waals surface area (Å²) in [6.45, 7) is 6.65. The van der Waals surface area contributed by atoms with Gasteiger partial charge in [-0.15, -0.1) is 0 Å². The Hall–Kier alpha value is -1.86. The van der Waals surface area contributed by atoms with Crippen molar-refractivity contribution in [3.05, 3.63) is 29.6 Å². The number of fused-ring (bicyclic) bond motifs is 1. The van der Waals surface area contributed by atoms with E-state index in [9.17, 15) is 0 Å². The molecular weight excluding hydrogens is 250 g/mol. The third-order valence-corrected chi connectivity index (χ3v) is 3.44. The molecule has 0 spiro atoms. The normalized spacial score (nSPS) is 15.5. The fourth-order valence-electron chi connectivity index (χ4n) is 2.34. The van der Waals surface area contributed by atoms with Crippen LogP contribution in [0.5, 0.6) is 0 Å². The number of hydrogen-bond donors (Lipinski definition) is 0. The van der Waals surface area contributed by atoms with Crippen LogP contribution < -0.4 is 0 Å². The lowest BCUT2D eigenvalue weighted by Crippen LogP contribution is -2.20. The molecule has 104 valence electrons. The van der Waals surface area contributed by atoms with Crippen molar-refractivity contribution in [2.75, 3.05) is 0 Å². The molecule has 1 aliphatic carbocycles. The monoisotopic (exact) mass is 269 g/mol. The van der Waals surface area contributed by atoms with E-state index in [0.29, 0.717) is 18.2 Å². The molecule has 1 aliphatic rings. The first-order valence-electron chi connectivity index (χ1n) is 7.03. The van der Waals surface area contributed by atoms with Crippen LogP contribution in [-0.2, 0) is 11.3 Å². The average molecular weight is 269 g/mol. The highest BCUT2D eigenvalue weighted by molar-refractivity contribution is 5.78. The quantitative estimate of drug-likeness (QED) is 0.856. The molecule has 3 rings (SSSR count). The van der Waals surface area contributed by atoms with Crippen molar-refractivity contribution >= 4 is 11.0 Å². The van der Waals surface area contributed by atoms with Crippen LogP contribution in [0.2, 0.25) is 0 Å². The molecule has 1 aromatic heterocycles. The fourth-order valence-corrected chi connectivity index (χ4v) is 2.34. The molecule has 1 saturated carbocycles. The first kappa shape index (κ1) is 13.1. The Morgan fingerprint density at radius 3 is 2.75 bits per heavy atom. The van der Waals surface area contributed by atoms with E-state index < -0.39 is 0 Å². The van der Waals surface area contributed by atoms with Gasteiger partial charge in [0.15, 0.2) is 0 Å². The van der Waals surface area contributed by atoms with E-state index in [1.54, 1.807) is 0 Å². The zero-order valence-electron chi connectivity index (χ0n) is 12.2. The third kappa shape index (κ3) is 2.54. The molecule has 2 aromatic rings. The van der Waals surface area contributed by atoms with E-state index >= 15 is 0 Å². The SMILES string of the molecule is CC(C)(C)OCc1nc2cc(C#N)ccc2n1C1CC1. The van der Waals surface area contributed by atoms with Crippen molar-refractivity contribution in [3.8, 4) is 6.07 Å². The largest absolute Gasteiger partial charge is 0.368 e. The first-order valence-corrected chi connectivity index (χ1v) is 7.03. The highest BCUT2D eigenvalue weighted by Gasteiger charge is 2.28. The number of nitriles is 1. The van der Waals surface area contributed by atoms with Gasteiger partial charge in [-0.3, -0.25) is 0 Å². The number of ether oxygens (including phenoxy) is 1. The highest BCUT2D eigenvalue weighted by atomic mass is 16.5. The molecule has 4 nitrogen and oxygen atoms in total. The van der Waals surface area contributed by atoms with Crippen LogP contribution in [0.1, 0.15) is 51.0 Å². The minimum atomic E-state index is -0.176. The van der Waals surface area contributed by atoms with Gasteiger partial charge in [-0.25, -0.2) is 4.98 Å². The predicted molar refractivity (Wildman–Crippen MR) is 77.3 cm³/mol. The van der Waals surface area contributed by atoms with E-state index in [2.05, 4.69) is 15.6 Å². The number of nitrogens with zero attached hydrogens (tertiary/aromatic N) is 3. The van der Waals surface area contributed by atoms with E-state index in [1.807, 2.05) is 39.0 Å². The number of aromatic nitrogens is 2. The Labute approximate surface area is 119 Å². The van der Waals surface area contributed by atoms with Gasteiger partial charge in [0.2, 0.25) is 0 Å². The number of imidazole rings is 1. The zero-order valence-corrected chi connectivity index (χ0v) is 12.2. The van der Waals surface area contributed by atoms with Crippen molar-refractivity contribution < 1.29 is 4.74 Å². The predicted octanol–water partition coefficient (Wildman–Crippen LogP) is 3.56. The summed E-state index contributed by atoms with van der Waals surface area (Å²) < 4.78 is 8.15. The van der Waals surface area contributed by atoms with Gasteiger partial charge in [-0.05, 0) is 51.8 Å². The van der Waals surface area contributed by atoms with Gasteiger partial charge in [-0.2, -0.15) is 5.26 Å². The molecule has 0 atom stereocenters. The smallest absolute Gasteiger partial charge is 0.136 e. The molecule has 0 amide bonds. The second-order valence-electron chi connectivity index (χ2n) is 6.35. The second kappa shape index (κ2) is 4.60. The van der Waals surface area contributed by atoms with Gasteiger partial charge in [0.05, 0.1) is 28.3 Å². The van der Waals surface area contributed by atoms with Crippen molar-refractivity contribution in [2.24, 2.45) is 0 Å². The van der Waals surface area contributed by atoms with Crippen LogP contribution in [0.4, 0.5) is 0 Å². The minimum absolute atomic E-state index is 0.176. The van der Waals surface area contributed by atoms with Crippen molar-refractivity contribution in [3.63, 3.8) is 0 Å². The van der Waals surface area contributed by atoms with Crippen LogP contribution in [0.3, 0.4) is 0 Å². The summed E-state index contributed by atoms with van der Waals surface area (Å²) >= 11 is 0. The van der Waals surface area contributed by atoms with Crippen molar-refractivity contribution in [1.82, 2.24) is 9.55 Å². The summed E-state index contributed by atoms with van der Waals surface area (Å²) in [5, 5.41) is 9.00. The summed E-state index contributed by atoms with van der Waals surface area (Å²) in [6.07, 6.45) is 2.40. The van der Waals surface area contributed by atoms with Crippen LogP contribution in [0.25, 0.3) is 11.0 Å². The van der Waals surface area contributed by atoms with Gasteiger partial charge < -0.3 is 9.30 Å². The van der Waals surface area contributed by atoms with Crippen LogP contribution in [0, 0.1) is 11.3 Å². The maximum absolute atomic E-state index is 9.00. The molecular formula is C16H19N3O. The van der Waals surface area contributed by atoms with E-state index in [0.717, 1.165) is 16.9 Å². The summed E-state index contributed by atoms with van der Waals surface area (Å²) in [5.41, 5.74) is 2.48. The molecule has 1 aromatic carbocycles. The third-order valence-electron chi connectivity index (χ3n) is 3.44. The minimum Gasteiger partial charge on any atom is -0.368 e. The van der Waals surface area contributed by atoms with Gasteiger partial charge >= 0.3 is 0 Å². The maximum Gasteiger partial charge on any atom is 0.136 e. The maximum atomic E-state index is 9.00. The Bertz CT molecular complexity index is 684. The van der Waals surface area contributed by atoms with Gasteiger partial charge in [0.1, 0.15) is 12.4 Å². The van der Waals surface area contributed by atoms with Crippen molar-refractivity contribution in [1.29, 1.82) is 5.26 Å². The van der Waals surface area contributed by atoms with Crippen LogP contribution >= 0.6 is 0 Å². The van der Waals surface area contributed by atoms with E-state index in [4.69, 9.17) is 10.00 Å². The van der Waals surface area contributed by atoms with E-state index in [1.165, 1.54) is 12.8 Å². The van der Waals surface area contributed by atoms with Gasteiger partial charge in [0, 0.05) is 6.04 Å². The number of rotatable bonds is 3. The first-order chi connectivity index (χ1) is 9.48. The lowest BCUT2D eigenvalue weighted by molar-refractivity contribution is -0.0191. The number of hydrogen-bond acceptors (Lipinski definition) is 3. The van der Waals surface area contributed by atoms with Crippen molar-refractivity contribution in [2.45, 2.75) is 51.9 Å². The topological polar surface area (TPSA) is 50.8 Å². The highest BCUT2D eigenvalue weighted by Crippen LogP contribution is 2.39. The molecule has 0 radical (unpaired) electrons. The summed E-state index contributed by atoms with van der Waals surface area (Å²) in [6, 6.07) is 8.43. The Kier molecular flexibility index (Phi) is 3.02. The van der Waals surface area contributed by atoms with Crippen LogP contribution in [0.15, 0.2) is 18.2 Å². The molecule has 1 heterocycles. The molecule has 0 N–H and O–H groups in total. The molecule has 1 fully saturated rings. The lowest BCUT2D eigenvalue weighted by atomic mass is 10.2. The lowest BCUT2D eigenvalue weighted by Gasteiger charge is -2.19. The van der Waals surface area contributed by atoms with Crippen LogP contribution in [-0.4, -0.2) is 15.2 Å². The van der Waals surface area contributed by atoms with Gasteiger partial charge in [-0.1, -0.05) is 0 Å². The fraction of sp³-hybridized carbons (Fsp3) is 0.500. The summed E-state index contributed by atoms with van der Waals surface area (Å²) in [7, 11) is 0. The molecule has 0 saturated heterocycles. The molecule has 0 unspecified atom stereocenters.